The number of aryl methyl sites for hydroxylation is 1. The van der Waals surface area contributed by atoms with Crippen LogP contribution in [-0.2, 0) is 11.2 Å². The fraction of sp³-hybridized carbons (Fsp3) is 0.591. The third-order valence-corrected chi connectivity index (χ3v) is 5.44. The number of carbonyl (C=O) groups is 1. The number of allylic oxidation sites excluding steroid dienone is 1. The van der Waals surface area contributed by atoms with Crippen molar-refractivity contribution in [1.29, 1.82) is 0 Å². The van der Waals surface area contributed by atoms with E-state index in [0.29, 0.717) is 12.3 Å². The summed E-state index contributed by atoms with van der Waals surface area (Å²) in [5.41, 5.74) is 2.86. The zero-order valence-electron chi connectivity index (χ0n) is 16.0. The van der Waals surface area contributed by atoms with E-state index in [-0.39, 0.29) is 5.91 Å². The number of carbonyl (C=O) groups excluding carboxylic acids is 1. The van der Waals surface area contributed by atoms with Gasteiger partial charge in [0, 0.05) is 26.1 Å². The molecule has 0 bridgehead atoms. The second-order valence-corrected chi connectivity index (χ2v) is 7.22. The van der Waals surface area contributed by atoms with E-state index in [0.717, 1.165) is 45.6 Å². The molecule has 1 fully saturated rings. The Balaban J connectivity index is 1.72. The predicted molar refractivity (Wildman–Crippen MR) is 106 cm³/mol. The van der Waals surface area contributed by atoms with Crippen LogP contribution in [0.1, 0.15) is 43.7 Å². The van der Waals surface area contributed by atoms with Crippen LogP contribution < -0.4 is 0 Å². The number of nitrogens with zero attached hydrogens (tertiary/aromatic N) is 2. The van der Waals surface area contributed by atoms with E-state index >= 15 is 0 Å². The molecule has 0 aliphatic carbocycles. The molecule has 3 heteroatoms. The quantitative estimate of drug-likeness (QED) is 0.632. The van der Waals surface area contributed by atoms with E-state index in [2.05, 4.69) is 49.6 Å². The topological polar surface area (TPSA) is 23.6 Å². The van der Waals surface area contributed by atoms with Crippen LogP contribution >= 0.6 is 0 Å². The lowest BCUT2D eigenvalue weighted by Crippen LogP contribution is -2.41. The maximum absolute atomic E-state index is 12.2. The maximum Gasteiger partial charge on any atom is 0.222 e. The van der Waals surface area contributed by atoms with Gasteiger partial charge in [0.1, 0.15) is 0 Å². The molecule has 1 heterocycles. The lowest BCUT2D eigenvalue weighted by molar-refractivity contribution is -0.131. The Morgan fingerprint density at radius 1 is 1.32 bits per heavy atom. The molecule has 1 saturated heterocycles. The van der Waals surface area contributed by atoms with Crippen molar-refractivity contribution in [1.82, 2.24) is 9.80 Å². The Labute approximate surface area is 153 Å². The second kappa shape index (κ2) is 10.4. The van der Waals surface area contributed by atoms with E-state index in [1.807, 2.05) is 11.0 Å². The number of rotatable bonds is 9. The van der Waals surface area contributed by atoms with Gasteiger partial charge in [-0.2, -0.15) is 0 Å². The van der Waals surface area contributed by atoms with Gasteiger partial charge in [-0.05, 0) is 69.7 Å². The minimum Gasteiger partial charge on any atom is -0.343 e. The number of hydrogen-bond acceptors (Lipinski definition) is 2. The second-order valence-electron chi connectivity index (χ2n) is 7.22. The van der Waals surface area contributed by atoms with E-state index < -0.39 is 0 Å². The van der Waals surface area contributed by atoms with Crippen molar-refractivity contribution in [3.8, 4) is 0 Å². The van der Waals surface area contributed by atoms with Gasteiger partial charge in [-0.25, -0.2) is 0 Å². The molecule has 0 N–H and O–H groups in total. The fourth-order valence-electron chi connectivity index (χ4n) is 3.66. The monoisotopic (exact) mass is 342 g/mol. The molecule has 0 saturated carbocycles. The highest BCUT2D eigenvalue weighted by Crippen LogP contribution is 2.20. The molecule has 0 spiro atoms. The van der Waals surface area contributed by atoms with Crippen LogP contribution in [-0.4, -0.2) is 48.4 Å². The molecule has 3 nitrogen and oxygen atoms in total. The van der Waals surface area contributed by atoms with E-state index in [9.17, 15) is 4.79 Å². The summed E-state index contributed by atoms with van der Waals surface area (Å²) in [5.74, 6) is 0.937. The first-order chi connectivity index (χ1) is 12.1. The van der Waals surface area contributed by atoms with Gasteiger partial charge in [0.2, 0.25) is 5.91 Å². The van der Waals surface area contributed by atoms with Crippen LogP contribution in [0.3, 0.4) is 0 Å². The minimum absolute atomic E-state index is 0.282. The Morgan fingerprint density at radius 2 is 2.04 bits per heavy atom. The van der Waals surface area contributed by atoms with Gasteiger partial charge in [-0.15, -0.1) is 6.58 Å². The highest BCUT2D eigenvalue weighted by atomic mass is 16.2. The molecule has 25 heavy (non-hydrogen) atoms. The SMILES string of the molecule is C=CCCC(=O)N(CC)CC1CCN(CCc2ccccc2C)CC1. The van der Waals surface area contributed by atoms with E-state index in [1.54, 1.807) is 0 Å². The number of hydrogen-bond donors (Lipinski definition) is 0. The molecular weight excluding hydrogens is 308 g/mol. The van der Waals surface area contributed by atoms with Gasteiger partial charge in [-0.3, -0.25) is 4.79 Å². The Hall–Kier alpha value is -1.61. The van der Waals surface area contributed by atoms with Crippen molar-refractivity contribution in [3.05, 3.63) is 48.0 Å². The van der Waals surface area contributed by atoms with Gasteiger partial charge in [0.25, 0.3) is 0 Å². The molecule has 0 radical (unpaired) electrons. The van der Waals surface area contributed by atoms with Crippen molar-refractivity contribution < 1.29 is 4.79 Å². The number of likely N-dealkylation sites (tertiary alicyclic amines) is 1. The van der Waals surface area contributed by atoms with E-state index in [4.69, 9.17) is 0 Å². The zero-order chi connectivity index (χ0) is 18.1. The van der Waals surface area contributed by atoms with Gasteiger partial charge < -0.3 is 9.80 Å². The summed E-state index contributed by atoms with van der Waals surface area (Å²) in [4.78, 5) is 16.9. The molecule has 0 atom stereocenters. The highest BCUT2D eigenvalue weighted by molar-refractivity contribution is 5.76. The van der Waals surface area contributed by atoms with Gasteiger partial charge in [0.15, 0.2) is 0 Å². The number of amides is 1. The Bertz CT molecular complexity index is 547. The molecule has 0 unspecified atom stereocenters. The van der Waals surface area contributed by atoms with Crippen LogP contribution in [0.4, 0.5) is 0 Å². The summed E-state index contributed by atoms with van der Waals surface area (Å²) in [7, 11) is 0. The summed E-state index contributed by atoms with van der Waals surface area (Å²) >= 11 is 0. The Kier molecular flexibility index (Phi) is 8.20. The lowest BCUT2D eigenvalue weighted by atomic mass is 9.95. The van der Waals surface area contributed by atoms with Crippen molar-refractivity contribution in [2.75, 3.05) is 32.7 Å². The predicted octanol–water partition coefficient (Wildman–Crippen LogP) is 4.06. The fourth-order valence-corrected chi connectivity index (χ4v) is 3.66. The van der Waals surface area contributed by atoms with E-state index in [1.165, 1.54) is 24.0 Å². The van der Waals surface area contributed by atoms with Crippen LogP contribution in [0.25, 0.3) is 0 Å². The molecule has 0 aromatic heterocycles. The summed E-state index contributed by atoms with van der Waals surface area (Å²) in [6.45, 7) is 13.2. The van der Waals surface area contributed by atoms with Crippen LogP contribution in [0.15, 0.2) is 36.9 Å². The van der Waals surface area contributed by atoms with Crippen LogP contribution in [0.5, 0.6) is 0 Å². The molecular formula is C22H34N2O. The third-order valence-electron chi connectivity index (χ3n) is 5.44. The van der Waals surface area contributed by atoms with Crippen molar-refractivity contribution in [2.45, 2.75) is 46.0 Å². The molecule has 1 aliphatic rings. The van der Waals surface area contributed by atoms with Gasteiger partial charge in [-0.1, -0.05) is 30.3 Å². The first kappa shape index (κ1) is 19.7. The first-order valence-electron chi connectivity index (χ1n) is 9.79. The highest BCUT2D eigenvalue weighted by Gasteiger charge is 2.22. The largest absolute Gasteiger partial charge is 0.343 e. The standard InChI is InChI=1S/C22H34N2O/c1-4-6-11-22(25)24(5-2)18-20-12-15-23(16-13-20)17-14-21-10-8-7-9-19(21)3/h4,7-10,20H,1,5-6,11-18H2,2-3H3. The molecule has 2 rings (SSSR count). The third kappa shape index (κ3) is 6.32. The summed E-state index contributed by atoms with van der Waals surface area (Å²) in [6, 6.07) is 8.69. The summed E-state index contributed by atoms with van der Waals surface area (Å²) in [6.07, 6.45) is 6.77. The van der Waals surface area contributed by atoms with Crippen LogP contribution in [0.2, 0.25) is 0 Å². The van der Waals surface area contributed by atoms with Gasteiger partial charge in [0.05, 0.1) is 0 Å². The molecule has 138 valence electrons. The maximum atomic E-state index is 12.2. The first-order valence-corrected chi connectivity index (χ1v) is 9.79. The van der Waals surface area contributed by atoms with Crippen molar-refractivity contribution in [3.63, 3.8) is 0 Å². The average molecular weight is 343 g/mol. The summed E-state index contributed by atoms with van der Waals surface area (Å²) < 4.78 is 0. The smallest absolute Gasteiger partial charge is 0.222 e. The van der Waals surface area contributed by atoms with Crippen molar-refractivity contribution in [2.24, 2.45) is 5.92 Å². The molecule has 1 aromatic rings. The molecule has 1 aromatic carbocycles. The molecule has 1 amide bonds. The number of benzene rings is 1. The zero-order valence-corrected chi connectivity index (χ0v) is 16.0. The number of piperidine rings is 1. The lowest BCUT2D eigenvalue weighted by Gasteiger charge is -2.34. The minimum atomic E-state index is 0.282. The average Bonchev–Trinajstić information content (AvgIpc) is 2.64. The Morgan fingerprint density at radius 3 is 2.68 bits per heavy atom. The van der Waals surface area contributed by atoms with Crippen molar-refractivity contribution >= 4 is 5.91 Å². The summed E-state index contributed by atoms with van der Waals surface area (Å²) in [5, 5.41) is 0. The van der Waals surface area contributed by atoms with Crippen LogP contribution in [0, 0.1) is 12.8 Å². The van der Waals surface area contributed by atoms with Gasteiger partial charge >= 0.3 is 0 Å². The molecule has 1 aliphatic heterocycles. The normalized spacial score (nSPS) is 15.9.